The third kappa shape index (κ3) is 2.70. The molecule has 0 atom stereocenters. The normalized spacial score (nSPS) is 17.0. The largest absolute Gasteiger partial charge is 0.677 e. The molecular formula is C18H25BF2N2. The van der Waals surface area contributed by atoms with E-state index in [2.05, 4.69) is 11.9 Å². The topological polar surface area (TPSA) is 17.3 Å². The molecule has 2 nitrogen and oxygen atoms in total. The summed E-state index contributed by atoms with van der Waals surface area (Å²) in [6.07, 6.45) is 1.66. The van der Waals surface area contributed by atoms with E-state index in [0.29, 0.717) is 11.4 Å². The second kappa shape index (κ2) is 6.46. The molecule has 0 radical (unpaired) electrons. The van der Waals surface area contributed by atoms with Crippen molar-refractivity contribution >= 4 is 18.7 Å². The highest BCUT2D eigenvalue weighted by molar-refractivity contribution is 6.41. The number of halogens is 2. The van der Waals surface area contributed by atoms with Gasteiger partial charge in [-0.15, -0.1) is 0 Å². The monoisotopic (exact) mass is 318 g/mol. The lowest BCUT2D eigenvalue weighted by Gasteiger charge is -2.12. The third-order valence-electron chi connectivity index (χ3n) is 4.98. The Morgan fingerprint density at radius 2 is 1.70 bits per heavy atom. The standard InChI is InChI=1S/C18H25BF2N2/c1-8-15-10(3)17(22-13(15)6)12(5)18-11(4)16(9-2)14(7)23(18)19(20)21/h8-9H2,1-7H3/b17-12-. The molecule has 0 bridgehead atoms. The van der Waals surface area contributed by atoms with Gasteiger partial charge in [0.25, 0.3) is 0 Å². The van der Waals surface area contributed by atoms with Crippen LogP contribution in [-0.4, -0.2) is 17.6 Å². The number of hydrogen-bond donors (Lipinski definition) is 0. The second-order valence-corrected chi connectivity index (χ2v) is 6.17. The van der Waals surface area contributed by atoms with E-state index in [-0.39, 0.29) is 0 Å². The predicted octanol–water partition coefficient (Wildman–Crippen LogP) is 5.37. The molecule has 0 unspecified atom stereocenters. The van der Waals surface area contributed by atoms with Gasteiger partial charge in [-0.3, -0.25) is 13.6 Å². The molecule has 0 aliphatic carbocycles. The molecule has 0 amide bonds. The van der Waals surface area contributed by atoms with Crippen molar-refractivity contribution < 1.29 is 8.63 Å². The van der Waals surface area contributed by atoms with Crippen LogP contribution in [0.4, 0.5) is 8.63 Å². The second-order valence-electron chi connectivity index (χ2n) is 6.17. The Balaban J connectivity index is 2.78. The molecule has 0 fully saturated rings. The van der Waals surface area contributed by atoms with Crippen molar-refractivity contribution in [3.05, 3.63) is 39.4 Å². The molecule has 1 aliphatic rings. The van der Waals surface area contributed by atoms with Crippen LogP contribution in [0, 0.1) is 13.8 Å². The third-order valence-corrected chi connectivity index (χ3v) is 4.98. The van der Waals surface area contributed by atoms with Crippen LogP contribution < -0.4 is 0 Å². The number of aromatic nitrogens is 1. The van der Waals surface area contributed by atoms with Gasteiger partial charge >= 0.3 is 7.40 Å². The van der Waals surface area contributed by atoms with Crippen LogP contribution >= 0.6 is 0 Å². The van der Waals surface area contributed by atoms with Gasteiger partial charge < -0.3 is 4.48 Å². The number of nitrogens with zero attached hydrogens (tertiary/aromatic N) is 2. The minimum Gasteiger partial charge on any atom is -0.329 e. The van der Waals surface area contributed by atoms with Gasteiger partial charge in [-0.05, 0) is 75.3 Å². The highest BCUT2D eigenvalue weighted by Crippen LogP contribution is 2.36. The maximum atomic E-state index is 13.7. The molecule has 0 aromatic carbocycles. The van der Waals surface area contributed by atoms with E-state index < -0.39 is 7.40 Å². The van der Waals surface area contributed by atoms with Crippen molar-refractivity contribution in [1.82, 2.24) is 4.48 Å². The highest BCUT2D eigenvalue weighted by Gasteiger charge is 2.29. The summed E-state index contributed by atoms with van der Waals surface area (Å²) in [5.41, 5.74) is 8.26. The van der Waals surface area contributed by atoms with E-state index in [4.69, 9.17) is 0 Å². The van der Waals surface area contributed by atoms with Crippen molar-refractivity contribution in [2.45, 2.75) is 61.3 Å². The van der Waals surface area contributed by atoms with E-state index in [9.17, 15) is 8.63 Å². The van der Waals surface area contributed by atoms with E-state index >= 15 is 0 Å². The molecule has 2 heterocycles. The SMILES string of the molecule is CCC1=C(C)/C(=C(\C)c2c(C)c(CC)c(C)n2B(F)F)N=C1C. The zero-order chi connectivity index (χ0) is 17.5. The number of aliphatic imine (C=N–C) groups is 1. The fourth-order valence-electron chi connectivity index (χ4n) is 3.87. The smallest absolute Gasteiger partial charge is 0.329 e. The van der Waals surface area contributed by atoms with Crippen LogP contribution in [0.15, 0.2) is 21.8 Å². The van der Waals surface area contributed by atoms with Crippen LogP contribution in [0.2, 0.25) is 0 Å². The summed E-state index contributed by atoms with van der Waals surface area (Å²) < 4.78 is 28.5. The summed E-state index contributed by atoms with van der Waals surface area (Å²) in [5.74, 6) is 0. The Bertz CT molecular complexity index is 737. The van der Waals surface area contributed by atoms with Gasteiger partial charge in [0.15, 0.2) is 0 Å². The Morgan fingerprint density at radius 1 is 1.09 bits per heavy atom. The van der Waals surface area contributed by atoms with Crippen LogP contribution in [0.25, 0.3) is 5.57 Å². The summed E-state index contributed by atoms with van der Waals surface area (Å²) in [7, 11) is -2.54. The van der Waals surface area contributed by atoms with Gasteiger partial charge in [-0.1, -0.05) is 13.8 Å². The summed E-state index contributed by atoms with van der Waals surface area (Å²) >= 11 is 0. The highest BCUT2D eigenvalue weighted by atomic mass is 19.2. The summed E-state index contributed by atoms with van der Waals surface area (Å²) in [4.78, 5) is 4.67. The molecule has 0 N–H and O–H groups in total. The Morgan fingerprint density at radius 3 is 2.13 bits per heavy atom. The van der Waals surface area contributed by atoms with Crippen molar-refractivity contribution in [1.29, 1.82) is 0 Å². The van der Waals surface area contributed by atoms with Crippen molar-refractivity contribution in [2.75, 3.05) is 0 Å². The maximum Gasteiger partial charge on any atom is 0.677 e. The van der Waals surface area contributed by atoms with Gasteiger partial charge in [-0.25, -0.2) is 0 Å². The minimum absolute atomic E-state index is 0.623. The van der Waals surface area contributed by atoms with E-state index in [1.165, 1.54) is 10.1 Å². The Hall–Kier alpha value is -1.65. The Kier molecular flexibility index (Phi) is 4.97. The maximum absolute atomic E-state index is 13.7. The minimum atomic E-state index is -2.54. The van der Waals surface area contributed by atoms with Gasteiger partial charge in [0, 0.05) is 17.1 Å². The van der Waals surface area contributed by atoms with Crippen LogP contribution in [-0.2, 0) is 6.42 Å². The number of rotatable bonds is 4. The molecule has 0 saturated heterocycles. The molecule has 5 heteroatoms. The average molecular weight is 318 g/mol. The van der Waals surface area contributed by atoms with Crippen LogP contribution in [0.5, 0.6) is 0 Å². The first-order valence-corrected chi connectivity index (χ1v) is 8.21. The summed E-state index contributed by atoms with van der Waals surface area (Å²) in [6, 6.07) is 0. The number of hydrogen-bond acceptors (Lipinski definition) is 1. The van der Waals surface area contributed by atoms with Crippen molar-refractivity contribution in [3.8, 4) is 0 Å². The summed E-state index contributed by atoms with van der Waals surface area (Å²) in [5, 5.41) is 0. The predicted molar refractivity (Wildman–Crippen MR) is 95.3 cm³/mol. The van der Waals surface area contributed by atoms with Gasteiger partial charge in [0.1, 0.15) is 0 Å². The zero-order valence-electron chi connectivity index (χ0n) is 15.1. The quantitative estimate of drug-likeness (QED) is 0.664. The molecule has 1 aromatic heterocycles. The van der Waals surface area contributed by atoms with Crippen molar-refractivity contribution in [3.63, 3.8) is 0 Å². The lowest BCUT2D eigenvalue weighted by atomic mass is 9.98. The molecule has 1 aliphatic heterocycles. The molecule has 124 valence electrons. The van der Waals surface area contributed by atoms with Gasteiger partial charge in [-0.2, -0.15) is 0 Å². The van der Waals surface area contributed by atoms with Gasteiger partial charge in [0.2, 0.25) is 0 Å². The van der Waals surface area contributed by atoms with Crippen molar-refractivity contribution in [2.24, 2.45) is 4.99 Å². The molecular weight excluding hydrogens is 293 g/mol. The van der Waals surface area contributed by atoms with Crippen LogP contribution in [0.1, 0.15) is 63.6 Å². The lowest BCUT2D eigenvalue weighted by molar-refractivity contribution is 0.623. The summed E-state index contributed by atoms with van der Waals surface area (Å²) in [6.45, 7) is 13.8. The van der Waals surface area contributed by atoms with E-state index in [1.807, 2.05) is 34.6 Å². The molecule has 2 rings (SSSR count). The fourth-order valence-corrected chi connectivity index (χ4v) is 3.87. The molecule has 1 aromatic rings. The first-order chi connectivity index (χ1) is 10.8. The lowest BCUT2D eigenvalue weighted by Crippen LogP contribution is -2.17. The van der Waals surface area contributed by atoms with E-state index in [1.54, 1.807) is 6.92 Å². The average Bonchev–Trinajstić information content (AvgIpc) is 2.91. The number of allylic oxidation sites excluding steroid dienone is 3. The molecule has 23 heavy (non-hydrogen) atoms. The first-order valence-electron chi connectivity index (χ1n) is 8.21. The molecule has 0 spiro atoms. The van der Waals surface area contributed by atoms with Crippen LogP contribution in [0.3, 0.4) is 0 Å². The zero-order valence-corrected chi connectivity index (χ0v) is 15.1. The fraction of sp³-hybridized carbons (Fsp3) is 0.500. The molecule has 0 saturated carbocycles. The van der Waals surface area contributed by atoms with E-state index in [0.717, 1.165) is 46.5 Å². The van der Waals surface area contributed by atoms with Gasteiger partial charge in [0.05, 0.1) is 5.70 Å². The first kappa shape index (κ1) is 17.7. The Labute approximate surface area is 138 Å².